The van der Waals surface area contributed by atoms with Crippen LogP contribution in [0.15, 0.2) is 54.6 Å². The first-order chi connectivity index (χ1) is 17.3. The zero-order chi connectivity index (χ0) is 26.5. The molecule has 2 aromatic carbocycles. The van der Waals surface area contributed by atoms with Crippen molar-refractivity contribution in [3.63, 3.8) is 0 Å². The van der Waals surface area contributed by atoms with E-state index >= 15 is 0 Å². The molecule has 3 N–H and O–H groups in total. The van der Waals surface area contributed by atoms with Gasteiger partial charge in [-0.3, -0.25) is 24.1 Å². The number of nitrogens with two attached hydrogens (primary N) is 1. The summed E-state index contributed by atoms with van der Waals surface area (Å²) in [6, 6.07) is 14.6. The number of carbonyl (C=O) groups excluding carboxylic acids is 4. The molecular weight excluding hydrogens is 458 g/mol. The van der Waals surface area contributed by atoms with Gasteiger partial charge in [-0.25, -0.2) is 0 Å². The highest BCUT2D eigenvalue weighted by Crippen LogP contribution is 2.15. The van der Waals surface area contributed by atoms with Crippen LogP contribution >= 0.6 is 0 Å². The minimum Gasteiger partial charge on any atom is -0.367 e. The number of unbranched alkanes of at least 4 members (excludes halogenated alkanes) is 2. The maximum atomic E-state index is 13.6. The number of carbonyl (C=O) groups is 4. The van der Waals surface area contributed by atoms with Gasteiger partial charge < -0.3 is 15.8 Å². The summed E-state index contributed by atoms with van der Waals surface area (Å²) in [5, 5.41) is 2.78. The lowest BCUT2D eigenvalue weighted by atomic mass is 9.96. The maximum absolute atomic E-state index is 13.6. The Labute approximate surface area is 213 Å². The number of ether oxygens (including phenoxy) is 1. The first-order valence-corrected chi connectivity index (χ1v) is 12.4. The largest absolute Gasteiger partial charge is 0.367 e. The van der Waals surface area contributed by atoms with Crippen LogP contribution in [-0.4, -0.2) is 47.7 Å². The van der Waals surface area contributed by atoms with E-state index < -0.39 is 29.7 Å². The summed E-state index contributed by atoms with van der Waals surface area (Å²) in [5.41, 5.74) is 6.66. The number of amides is 4. The summed E-state index contributed by atoms with van der Waals surface area (Å²) in [6.07, 6.45) is 3.07. The monoisotopic (exact) mass is 495 g/mol. The van der Waals surface area contributed by atoms with E-state index in [0.29, 0.717) is 12.8 Å². The third-order valence-corrected chi connectivity index (χ3v) is 6.06. The van der Waals surface area contributed by atoms with Crippen molar-refractivity contribution in [1.29, 1.82) is 0 Å². The SMILES string of the molecule is CCCCCN(C(=O)COCc1ccccc1)C(=O)[C@@H](NC(=O)c1cccc(C(N)=O)c1)C(C)CC. The molecule has 8 nitrogen and oxygen atoms in total. The van der Waals surface area contributed by atoms with Crippen molar-refractivity contribution in [3.8, 4) is 0 Å². The van der Waals surface area contributed by atoms with Crippen molar-refractivity contribution in [2.24, 2.45) is 11.7 Å². The minimum atomic E-state index is -0.917. The van der Waals surface area contributed by atoms with Crippen LogP contribution < -0.4 is 11.1 Å². The van der Waals surface area contributed by atoms with Crippen LogP contribution in [0.5, 0.6) is 0 Å². The van der Waals surface area contributed by atoms with Gasteiger partial charge in [-0.15, -0.1) is 0 Å². The number of imide groups is 1. The standard InChI is InChI=1S/C28H37N3O5/c1-4-6-10-16-31(24(32)19-36-18-21-12-8-7-9-13-21)28(35)25(20(3)5-2)30-27(34)23-15-11-14-22(17-23)26(29)33/h7-9,11-15,17,20,25H,4-6,10,16,18-19H2,1-3H3,(H2,29,33)(H,30,34)/t20?,25-/m0/s1. The average Bonchev–Trinajstić information content (AvgIpc) is 2.89. The third-order valence-electron chi connectivity index (χ3n) is 6.06. The predicted molar refractivity (Wildman–Crippen MR) is 138 cm³/mol. The van der Waals surface area contributed by atoms with Gasteiger partial charge in [0.2, 0.25) is 5.91 Å². The highest BCUT2D eigenvalue weighted by atomic mass is 16.5. The van der Waals surface area contributed by atoms with Crippen LogP contribution in [0.3, 0.4) is 0 Å². The van der Waals surface area contributed by atoms with E-state index in [9.17, 15) is 19.2 Å². The number of hydrogen-bond donors (Lipinski definition) is 2. The van der Waals surface area contributed by atoms with Crippen LogP contribution in [0.2, 0.25) is 0 Å². The molecule has 0 aromatic heterocycles. The lowest BCUT2D eigenvalue weighted by Gasteiger charge is -2.29. The highest BCUT2D eigenvalue weighted by molar-refractivity contribution is 6.03. The van der Waals surface area contributed by atoms with Gasteiger partial charge in [-0.2, -0.15) is 0 Å². The molecule has 8 heteroatoms. The summed E-state index contributed by atoms with van der Waals surface area (Å²) < 4.78 is 5.60. The van der Waals surface area contributed by atoms with E-state index in [1.54, 1.807) is 12.1 Å². The Morgan fingerprint density at radius 3 is 2.31 bits per heavy atom. The van der Waals surface area contributed by atoms with E-state index in [2.05, 4.69) is 5.32 Å². The Bertz CT molecular complexity index is 1020. The molecule has 36 heavy (non-hydrogen) atoms. The van der Waals surface area contributed by atoms with Gasteiger partial charge in [0.1, 0.15) is 12.6 Å². The molecule has 0 aliphatic heterocycles. The Kier molecular flexibility index (Phi) is 11.8. The van der Waals surface area contributed by atoms with E-state index in [-0.39, 0.29) is 36.8 Å². The zero-order valence-electron chi connectivity index (χ0n) is 21.4. The molecule has 2 rings (SSSR count). The van der Waals surface area contributed by atoms with Gasteiger partial charge in [-0.05, 0) is 36.1 Å². The number of rotatable bonds is 14. The number of nitrogens with zero attached hydrogens (tertiary/aromatic N) is 1. The number of hydrogen-bond acceptors (Lipinski definition) is 5. The molecule has 0 aliphatic rings. The molecule has 0 radical (unpaired) electrons. The van der Waals surface area contributed by atoms with E-state index in [0.717, 1.165) is 18.4 Å². The molecule has 0 saturated heterocycles. The fourth-order valence-electron chi connectivity index (χ4n) is 3.68. The van der Waals surface area contributed by atoms with E-state index in [1.807, 2.05) is 51.1 Å². The van der Waals surface area contributed by atoms with Crippen molar-refractivity contribution in [3.05, 3.63) is 71.3 Å². The fourth-order valence-corrected chi connectivity index (χ4v) is 3.68. The molecule has 0 saturated carbocycles. The van der Waals surface area contributed by atoms with Crippen molar-refractivity contribution < 1.29 is 23.9 Å². The first kappa shape index (κ1) is 28.7. The first-order valence-electron chi connectivity index (χ1n) is 12.4. The molecule has 1 unspecified atom stereocenters. The molecule has 0 heterocycles. The second kappa shape index (κ2) is 14.8. The summed E-state index contributed by atoms with van der Waals surface area (Å²) in [5.74, 6) is -2.30. The Balaban J connectivity index is 2.18. The van der Waals surface area contributed by atoms with Crippen LogP contribution in [0.25, 0.3) is 0 Å². The normalized spacial score (nSPS) is 12.4. The van der Waals surface area contributed by atoms with Crippen molar-refractivity contribution in [1.82, 2.24) is 10.2 Å². The second-order valence-electron chi connectivity index (χ2n) is 8.85. The zero-order valence-corrected chi connectivity index (χ0v) is 21.4. The summed E-state index contributed by atoms with van der Waals surface area (Å²) in [7, 11) is 0. The van der Waals surface area contributed by atoms with Crippen molar-refractivity contribution in [2.75, 3.05) is 13.2 Å². The van der Waals surface area contributed by atoms with Crippen LogP contribution in [0.4, 0.5) is 0 Å². The molecule has 0 spiro atoms. The molecular formula is C28H37N3O5. The summed E-state index contributed by atoms with van der Waals surface area (Å²) in [4.78, 5) is 52.4. The summed E-state index contributed by atoms with van der Waals surface area (Å²) in [6.45, 7) is 6.07. The quantitative estimate of drug-likeness (QED) is 0.388. The lowest BCUT2D eigenvalue weighted by Crippen LogP contribution is -2.54. The molecule has 2 atom stereocenters. The Hall–Kier alpha value is -3.52. The third kappa shape index (κ3) is 8.61. The van der Waals surface area contributed by atoms with Gasteiger partial charge in [0.05, 0.1) is 6.61 Å². The smallest absolute Gasteiger partial charge is 0.255 e. The van der Waals surface area contributed by atoms with Gasteiger partial charge >= 0.3 is 0 Å². The van der Waals surface area contributed by atoms with E-state index in [1.165, 1.54) is 17.0 Å². The topological polar surface area (TPSA) is 119 Å². The van der Waals surface area contributed by atoms with Gasteiger partial charge in [0.15, 0.2) is 0 Å². The fraction of sp³-hybridized carbons (Fsp3) is 0.429. The number of benzene rings is 2. The molecule has 194 valence electrons. The molecule has 2 aromatic rings. The average molecular weight is 496 g/mol. The maximum Gasteiger partial charge on any atom is 0.255 e. The minimum absolute atomic E-state index is 0.195. The van der Waals surface area contributed by atoms with Crippen LogP contribution in [0.1, 0.15) is 72.7 Å². The Morgan fingerprint density at radius 2 is 1.67 bits per heavy atom. The van der Waals surface area contributed by atoms with Crippen LogP contribution in [0, 0.1) is 5.92 Å². The van der Waals surface area contributed by atoms with Gasteiger partial charge in [0, 0.05) is 17.7 Å². The Morgan fingerprint density at radius 1 is 0.972 bits per heavy atom. The second-order valence-corrected chi connectivity index (χ2v) is 8.85. The molecule has 4 amide bonds. The van der Waals surface area contributed by atoms with Crippen molar-refractivity contribution in [2.45, 2.75) is 59.1 Å². The summed E-state index contributed by atoms with van der Waals surface area (Å²) >= 11 is 0. The molecule has 0 bridgehead atoms. The van der Waals surface area contributed by atoms with E-state index in [4.69, 9.17) is 10.5 Å². The lowest BCUT2D eigenvalue weighted by molar-refractivity contribution is -0.150. The van der Waals surface area contributed by atoms with Crippen LogP contribution in [-0.2, 0) is 20.9 Å². The van der Waals surface area contributed by atoms with Gasteiger partial charge in [0.25, 0.3) is 17.7 Å². The molecule has 0 fully saturated rings. The van der Waals surface area contributed by atoms with Gasteiger partial charge in [-0.1, -0.05) is 76.4 Å². The number of nitrogens with one attached hydrogen (secondary N) is 1. The van der Waals surface area contributed by atoms with Crippen molar-refractivity contribution >= 4 is 23.6 Å². The molecule has 0 aliphatic carbocycles. The number of primary amides is 1. The highest BCUT2D eigenvalue weighted by Gasteiger charge is 2.33. The predicted octanol–water partition coefficient (Wildman–Crippen LogP) is 3.69.